The first-order chi connectivity index (χ1) is 7.54. The molecule has 0 aromatic rings. The van der Waals surface area contributed by atoms with Gasteiger partial charge in [-0.25, -0.2) is 0 Å². The predicted octanol–water partition coefficient (Wildman–Crippen LogP) is 2.21. The van der Waals surface area contributed by atoms with Crippen LogP contribution in [0.25, 0.3) is 0 Å². The van der Waals surface area contributed by atoms with Crippen molar-refractivity contribution in [3.63, 3.8) is 0 Å². The zero-order chi connectivity index (χ0) is 12.1. The smallest absolute Gasteiger partial charge is 0.0634 e. The van der Waals surface area contributed by atoms with Crippen molar-refractivity contribution in [2.75, 3.05) is 33.9 Å². The Morgan fingerprint density at radius 2 is 1.94 bits per heavy atom. The zero-order valence-electron chi connectivity index (χ0n) is 11.3. The van der Waals surface area contributed by atoms with Crippen molar-refractivity contribution in [3.8, 4) is 0 Å². The third kappa shape index (κ3) is 4.81. The van der Waals surface area contributed by atoms with Gasteiger partial charge in [0.15, 0.2) is 0 Å². The fourth-order valence-electron chi connectivity index (χ4n) is 1.86. The molecule has 0 saturated heterocycles. The number of rotatable bonds is 9. The molecule has 0 aliphatic heterocycles. The first-order valence-corrected chi connectivity index (χ1v) is 6.28. The Bertz CT molecular complexity index is 200. The van der Waals surface area contributed by atoms with E-state index in [1.807, 2.05) is 0 Å². The zero-order valence-corrected chi connectivity index (χ0v) is 11.3. The minimum absolute atomic E-state index is 0.00373. The van der Waals surface area contributed by atoms with E-state index in [0.717, 1.165) is 26.1 Å². The molecule has 1 aliphatic rings. The molecule has 1 fully saturated rings. The molecule has 0 aromatic carbocycles. The molecule has 1 rings (SSSR count). The average Bonchev–Trinajstić information content (AvgIpc) is 3.03. The van der Waals surface area contributed by atoms with Gasteiger partial charge in [0, 0.05) is 27.4 Å². The summed E-state index contributed by atoms with van der Waals surface area (Å²) in [4.78, 5) is 0. The number of nitrogens with one attached hydrogen (secondary N) is 1. The Morgan fingerprint density at radius 1 is 1.25 bits per heavy atom. The Kier molecular flexibility index (Phi) is 5.22. The molecule has 0 atom stereocenters. The lowest BCUT2D eigenvalue weighted by Gasteiger charge is -2.23. The lowest BCUT2D eigenvalue weighted by molar-refractivity contribution is 0.0156. The van der Waals surface area contributed by atoms with Crippen molar-refractivity contribution in [1.29, 1.82) is 0 Å². The Labute approximate surface area is 99.9 Å². The Hall–Kier alpha value is -0.120. The van der Waals surface area contributed by atoms with Gasteiger partial charge in [-0.3, -0.25) is 0 Å². The van der Waals surface area contributed by atoms with Gasteiger partial charge < -0.3 is 14.8 Å². The fourth-order valence-corrected chi connectivity index (χ4v) is 1.86. The van der Waals surface area contributed by atoms with Gasteiger partial charge in [-0.2, -0.15) is 0 Å². The minimum Gasteiger partial charge on any atom is -0.385 e. The normalized spacial score (nSPS) is 18.8. The van der Waals surface area contributed by atoms with Crippen LogP contribution in [-0.2, 0) is 9.47 Å². The van der Waals surface area contributed by atoms with E-state index >= 15 is 0 Å². The van der Waals surface area contributed by atoms with E-state index in [1.54, 1.807) is 14.2 Å². The molecule has 1 N–H and O–H groups in total. The summed E-state index contributed by atoms with van der Waals surface area (Å²) in [5.74, 6) is 0. The molecule has 0 heterocycles. The Balaban J connectivity index is 2.07. The summed E-state index contributed by atoms with van der Waals surface area (Å²) in [5, 5.41) is 3.55. The van der Waals surface area contributed by atoms with Crippen molar-refractivity contribution >= 4 is 0 Å². The second-order valence-corrected chi connectivity index (χ2v) is 5.63. The molecular formula is C13H27NO2. The quantitative estimate of drug-likeness (QED) is 0.615. The van der Waals surface area contributed by atoms with Crippen LogP contribution in [0.15, 0.2) is 0 Å². The SMILES string of the molecule is COCCC1(CNCCC(C)(C)OC)CC1. The molecule has 96 valence electrons. The van der Waals surface area contributed by atoms with Gasteiger partial charge in [-0.1, -0.05) is 0 Å². The number of ether oxygens (including phenoxy) is 2. The van der Waals surface area contributed by atoms with Crippen LogP contribution < -0.4 is 5.32 Å². The second kappa shape index (κ2) is 5.99. The maximum atomic E-state index is 5.39. The molecular weight excluding hydrogens is 202 g/mol. The molecule has 0 aromatic heterocycles. The van der Waals surface area contributed by atoms with E-state index < -0.39 is 0 Å². The Morgan fingerprint density at radius 3 is 2.44 bits per heavy atom. The molecule has 0 bridgehead atoms. The van der Waals surface area contributed by atoms with Crippen LogP contribution in [0.1, 0.15) is 39.5 Å². The summed E-state index contributed by atoms with van der Waals surface area (Å²) in [6.07, 6.45) is 4.97. The monoisotopic (exact) mass is 229 g/mol. The van der Waals surface area contributed by atoms with Crippen molar-refractivity contribution in [2.24, 2.45) is 5.41 Å². The molecule has 0 radical (unpaired) electrons. The maximum absolute atomic E-state index is 5.39. The number of hydrogen-bond acceptors (Lipinski definition) is 3. The van der Waals surface area contributed by atoms with Crippen molar-refractivity contribution in [1.82, 2.24) is 5.32 Å². The van der Waals surface area contributed by atoms with Crippen LogP contribution in [0, 0.1) is 5.41 Å². The van der Waals surface area contributed by atoms with Gasteiger partial charge in [0.25, 0.3) is 0 Å². The second-order valence-electron chi connectivity index (χ2n) is 5.63. The van der Waals surface area contributed by atoms with Crippen molar-refractivity contribution < 1.29 is 9.47 Å². The average molecular weight is 229 g/mol. The van der Waals surface area contributed by atoms with E-state index in [1.165, 1.54) is 19.3 Å². The van der Waals surface area contributed by atoms with E-state index in [-0.39, 0.29) is 5.60 Å². The van der Waals surface area contributed by atoms with Crippen molar-refractivity contribution in [2.45, 2.75) is 45.1 Å². The molecule has 3 nitrogen and oxygen atoms in total. The lowest BCUT2D eigenvalue weighted by atomic mass is 10.0. The largest absolute Gasteiger partial charge is 0.385 e. The van der Waals surface area contributed by atoms with E-state index in [0.29, 0.717) is 5.41 Å². The van der Waals surface area contributed by atoms with Crippen LogP contribution in [0.3, 0.4) is 0 Å². The van der Waals surface area contributed by atoms with Gasteiger partial charge in [0.05, 0.1) is 5.60 Å². The molecule has 1 aliphatic carbocycles. The van der Waals surface area contributed by atoms with Crippen LogP contribution >= 0.6 is 0 Å². The first kappa shape index (κ1) is 13.9. The summed E-state index contributed by atoms with van der Waals surface area (Å²) in [7, 11) is 3.56. The summed E-state index contributed by atoms with van der Waals surface area (Å²) in [6, 6.07) is 0. The van der Waals surface area contributed by atoms with Crippen LogP contribution in [-0.4, -0.2) is 39.5 Å². The standard InChI is InChI=1S/C13H27NO2/c1-12(2,16-4)7-9-14-11-13(5-6-13)8-10-15-3/h14H,5-11H2,1-4H3. The summed E-state index contributed by atoms with van der Waals surface area (Å²) in [5.41, 5.74) is 0.545. The minimum atomic E-state index is -0.00373. The number of hydrogen-bond donors (Lipinski definition) is 1. The highest BCUT2D eigenvalue weighted by Crippen LogP contribution is 2.48. The molecule has 0 unspecified atom stereocenters. The summed E-state index contributed by atoms with van der Waals surface area (Å²) >= 11 is 0. The highest BCUT2D eigenvalue weighted by Gasteiger charge is 2.41. The molecule has 3 heteroatoms. The topological polar surface area (TPSA) is 30.5 Å². The van der Waals surface area contributed by atoms with Crippen LogP contribution in [0.4, 0.5) is 0 Å². The van der Waals surface area contributed by atoms with Crippen molar-refractivity contribution in [3.05, 3.63) is 0 Å². The third-order valence-corrected chi connectivity index (χ3v) is 3.75. The third-order valence-electron chi connectivity index (χ3n) is 3.75. The fraction of sp³-hybridized carbons (Fsp3) is 1.00. The van der Waals surface area contributed by atoms with Gasteiger partial charge >= 0.3 is 0 Å². The lowest BCUT2D eigenvalue weighted by Crippen LogP contribution is -2.32. The van der Waals surface area contributed by atoms with Crippen LogP contribution in [0.5, 0.6) is 0 Å². The molecule has 0 spiro atoms. The number of methoxy groups -OCH3 is 2. The van der Waals surface area contributed by atoms with Gasteiger partial charge in [-0.15, -0.1) is 0 Å². The van der Waals surface area contributed by atoms with Gasteiger partial charge in [-0.05, 0) is 51.5 Å². The molecule has 1 saturated carbocycles. The highest BCUT2D eigenvalue weighted by molar-refractivity contribution is 4.94. The summed E-state index contributed by atoms with van der Waals surface area (Å²) in [6.45, 7) is 7.33. The summed E-state index contributed by atoms with van der Waals surface area (Å²) < 4.78 is 10.5. The highest BCUT2D eigenvalue weighted by atomic mass is 16.5. The van der Waals surface area contributed by atoms with Gasteiger partial charge in [0.1, 0.15) is 0 Å². The molecule has 16 heavy (non-hydrogen) atoms. The van der Waals surface area contributed by atoms with Gasteiger partial charge in [0.2, 0.25) is 0 Å². The predicted molar refractivity (Wildman–Crippen MR) is 66.7 cm³/mol. The van der Waals surface area contributed by atoms with Crippen LogP contribution in [0.2, 0.25) is 0 Å². The molecule has 0 amide bonds. The first-order valence-electron chi connectivity index (χ1n) is 6.28. The van der Waals surface area contributed by atoms with E-state index in [4.69, 9.17) is 9.47 Å². The maximum Gasteiger partial charge on any atom is 0.0634 e. The van der Waals surface area contributed by atoms with E-state index in [2.05, 4.69) is 19.2 Å². The van der Waals surface area contributed by atoms with E-state index in [9.17, 15) is 0 Å².